The number of nitrogens with two attached hydrogens (primary N) is 2. The molecule has 6 atom stereocenters. The molecule has 1 unspecified atom stereocenters. The maximum Gasteiger partial charge on any atom is 0.418 e. The first-order chi connectivity index (χ1) is 35.2. The number of aliphatic hydroxyl groups is 1. The highest BCUT2D eigenvalue weighted by Crippen LogP contribution is 2.42. The Kier molecular flexibility index (Phi) is 18.0. The standard InChI is InChI=1S/C51H63F2N12O8.ClH/c1-5-46(34(2)66)65-49(68)64(32-58-65)41-11-9-39(10-12-41)60-21-23-61(24-22-60)40-13-15-42(16-14-40)70-27-36-26-51(72-28-36,43-17-8-38(52)25-44(43)53)30-63-33-62(31-57-63)35(3)73-50(69)59(4)47-37(7-6-20-56-47)29-71-48(67)45(55)18-19-54;/h6-17,20,25,31-36,45-46,66H,5,18-19,21-24,26-30,54-55H2,1-4H3;1H/q+1;/p-1/t34-,35?,36+,45-,46-,51-;/m0./s1. The Morgan fingerprint density at radius 2 is 1.66 bits per heavy atom. The van der Waals surface area contributed by atoms with Gasteiger partial charge in [0.1, 0.15) is 54.3 Å². The Morgan fingerprint density at radius 3 is 2.31 bits per heavy atom. The van der Waals surface area contributed by atoms with E-state index in [2.05, 4.69) is 25.0 Å². The average molecular weight is 1050 g/mol. The Labute approximate surface area is 433 Å². The van der Waals surface area contributed by atoms with Gasteiger partial charge in [0.25, 0.3) is 6.33 Å². The third kappa shape index (κ3) is 12.5. The fourth-order valence-electron chi connectivity index (χ4n) is 9.31. The third-order valence-electron chi connectivity index (χ3n) is 13.4. The maximum absolute atomic E-state index is 15.6. The van der Waals surface area contributed by atoms with Crippen LogP contribution in [0.3, 0.4) is 0 Å². The number of benzene rings is 3. The van der Waals surface area contributed by atoms with Gasteiger partial charge in [-0.1, -0.05) is 19.1 Å². The molecule has 8 rings (SSSR count). The number of halogens is 3. The molecule has 0 bridgehead atoms. The summed E-state index contributed by atoms with van der Waals surface area (Å²) < 4.78 is 59.6. The number of piperazine rings is 1. The van der Waals surface area contributed by atoms with Gasteiger partial charge >= 0.3 is 17.8 Å². The molecule has 3 aromatic carbocycles. The molecular weight excluding hydrogens is 982 g/mol. The summed E-state index contributed by atoms with van der Waals surface area (Å²) in [7, 11) is 1.48. The molecule has 0 radical (unpaired) electrons. The maximum atomic E-state index is 15.6. The fraction of sp³-hybridized carbons (Fsp3) is 0.431. The van der Waals surface area contributed by atoms with E-state index < -0.39 is 53.7 Å². The van der Waals surface area contributed by atoms with Crippen LogP contribution in [0.2, 0.25) is 0 Å². The van der Waals surface area contributed by atoms with Crippen molar-refractivity contribution in [3.63, 3.8) is 0 Å². The summed E-state index contributed by atoms with van der Waals surface area (Å²) >= 11 is 0. The van der Waals surface area contributed by atoms with Crippen molar-refractivity contribution >= 4 is 29.3 Å². The first-order valence-corrected chi connectivity index (χ1v) is 24.4. The molecule has 2 aliphatic heterocycles. The highest BCUT2D eigenvalue weighted by molar-refractivity contribution is 5.86. The summed E-state index contributed by atoms with van der Waals surface area (Å²) in [4.78, 5) is 48.9. The molecule has 2 fully saturated rings. The highest BCUT2D eigenvalue weighted by atomic mass is 35.5. The van der Waals surface area contributed by atoms with Gasteiger partial charge in [0, 0.05) is 85.9 Å². The summed E-state index contributed by atoms with van der Waals surface area (Å²) in [5.74, 6) is -1.36. The summed E-state index contributed by atoms with van der Waals surface area (Å²) in [5, 5.41) is 18.9. The summed E-state index contributed by atoms with van der Waals surface area (Å²) in [6.45, 7) is 9.03. The number of anilines is 3. The Hall–Kier alpha value is -6.98. The summed E-state index contributed by atoms with van der Waals surface area (Å²) in [6, 6.07) is 21.2. The quantitative estimate of drug-likeness (QED) is 0.0726. The molecular formula is C51H63ClF2N12O8. The van der Waals surface area contributed by atoms with Crippen LogP contribution in [0.15, 0.2) is 109 Å². The first-order valence-electron chi connectivity index (χ1n) is 24.4. The van der Waals surface area contributed by atoms with Gasteiger partial charge in [-0.15, -0.1) is 4.68 Å². The van der Waals surface area contributed by atoms with E-state index in [4.69, 9.17) is 30.4 Å². The number of hydrogen-bond donors (Lipinski definition) is 3. The molecule has 5 N–H and O–H groups in total. The zero-order chi connectivity index (χ0) is 51.8. The molecule has 2 saturated heterocycles. The van der Waals surface area contributed by atoms with Crippen molar-refractivity contribution < 1.29 is 59.4 Å². The minimum Gasteiger partial charge on any atom is -1.00 e. The number of amides is 1. The second kappa shape index (κ2) is 24.4. The van der Waals surface area contributed by atoms with E-state index in [0.29, 0.717) is 29.8 Å². The van der Waals surface area contributed by atoms with Gasteiger partial charge in [-0.05, 0) is 93.4 Å². The number of esters is 1. The number of carbonyl (C=O) groups is 2. The molecule has 3 aromatic heterocycles. The Balaban J connectivity index is 0.00000800. The molecule has 0 saturated carbocycles. The average Bonchev–Trinajstić information content (AvgIpc) is 4.14. The van der Waals surface area contributed by atoms with Crippen molar-refractivity contribution in [2.45, 2.75) is 83.2 Å². The van der Waals surface area contributed by atoms with Gasteiger partial charge in [0.15, 0.2) is 0 Å². The van der Waals surface area contributed by atoms with Crippen LogP contribution in [-0.2, 0) is 37.8 Å². The largest absolute Gasteiger partial charge is 1.00 e. The molecule has 20 nitrogen and oxygen atoms in total. The number of aliphatic hydroxyl groups excluding tert-OH is 1. The lowest BCUT2D eigenvalue weighted by Gasteiger charge is -2.37. The van der Waals surface area contributed by atoms with Crippen LogP contribution in [0.1, 0.15) is 63.4 Å². The topological polar surface area (TPSA) is 227 Å². The van der Waals surface area contributed by atoms with E-state index in [9.17, 15) is 23.9 Å². The van der Waals surface area contributed by atoms with Gasteiger partial charge in [0.05, 0.1) is 31.0 Å². The minimum atomic E-state index is -1.24. The van der Waals surface area contributed by atoms with Gasteiger partial charge in [-0.25, -0.2) is 32.6 Å². The number of ether oxygens (including phenoxy) is 4. The fourth-order valence-corrected chi connectivity index (χ4v) is 9.31. The van der Waals surface area contributed by atoms with E-state index in [1.54, 1.807) is 41.6 Å². The number of carbonyl (C=O) groups excluding carboxylic acids is 2. The molecule has 23 heteroatoms. The second-order valence-electron chi connectivity index (χ2n) is 18.5. The number of aromatic nitrogens is 7. The predicted octanol–water partition coefficient (Wildman–Crippen LogP) is 1.38. The van der Waals surface area contributed by atoms with Gasteiger partial charge < -0.3 is 57.7 Å². The second-order valence-corrected chi connectivity index (χ2v) is 18.5. The zero-order valence-electron chi connectivity index (χ0n) is 41.8. The molecule has 0 spiro atoms. The van der Waals surface area contributed by atoms with Gasteiger partial charge in [-0.3, -0.25) is 9.69 Å². The summed E-state index contributed by atoms with van der Waals surface area (Å²) in [5.41, 5.74) is 13.2. The molecule has 0 aliphatic carbocycles. The monoisotopic (exact) mass is 1040 g/mol. The van der Waals surface area contributed by atoms with Crippen molar-refractivity contribution in [1.82, 2.24) is 29.1 Å². The lowest BCUT2D eigenvalue weighted by atomic mass is 9.87. The van der Waals surface area contributed by atoms with E-state index >= 15 is 4.39 Å². The number of rotatable bonds is 20. The SMILES string of the molecule is CC[C@@H]([C@H](C)O)n1ncn(-c2ccc(N3CCN(c4ccc(OC[C@@H]5CO[C@@](Cn6c[n+](C(C)OC(=O)N(C)c7ncccc7COC(=O)[C@@H](N)CCN)cn6)(c6ccc(F)cc6F)C5)cc4)CC3)cc2)c1=O.[Cl-]. The lowest BCUT2D eigenvalue weighted by Crippen LogP contribution is -3.00. The minimum absolute atomic E-state index is 0. The Bertz CT molecular complexity index is 2880. The van der Waals surface area contributed by atoms with E-state index in [1.165, 1.54) is 52.2 Å². The van der Waals surface area contributed by atoms with Crippen molar-refractivity contribution in [2.75, 3.05) is 67.7 Å². The van der Waals surface area contributed by atoms with Crippen LogP contribution in [0, 0.1) is 17.6 Å². The Morgan fingerprint density at radius 1 is 0.986 bits per heavy atom. The van der Waals surface area contributed by atoms with Crippen LogP contribution in [0.25, 0.3) is 5.69 Å². The molecule has 6 aromatic rings. The molecule has 5 heterocycles. The smallest absolute Gasteiger partial charge is 0.418 e. The van der Waals surface area contributed by atoms with Gasteiger partial charge in [-0.2, -0.15) is 9.67 Å². The molecule has 396 valence electrons. The van der Waals surface area contributed by atoms with E-state index in [-0.39, 0.29) is 74.7 Å². The van der Waals surface area contributed by atoms with Crippen molar-refractivity contribution in [3.8, 4) is 11.4 Å². The first kappa shape index (κ1) is 54.8. The van der Waals surface area contributed by atoms with Crippen LogP contribution >= 0.6 is 0 Å². The van der Waals surface area contributed by atoms with Crippen LogP contribution in [0.5, 0.6) is 5.75 Å². The predicted molar refractivity (Wildman–Crippen MR) is 265 cm³/mol. The molecule has 1 amide bonds. The highest BCUT2D eigenvalue weighted by Gasteiger charge is 2.46. The normalized spacial score (nSPS) is 18.3. The molecule has 2 aliphatic rings. The third-order valence-corrected chi connectivity index (χ3v) is 13.4. The summed E-state index contributed by atoms with van der Waals surface area (Å²) in [6.07, 6.45) is 4.93. The lowest BCUT2D eigenvalue weighted by molar-refractivity contribution is -0.753. The van der Waals surface area contributed by atoms with Crippen LogP contribution < -0.4 is 53.6 Å². The van der Waals surface area contributed by atoms with E-state index in [0.717, 1.165) is 43.6 Å². The number of pyridine rings is 1. The molecule has 74 heavy (non-hydrogen) atoms. The van der Waals surface area contributed by atoms with Crippen molar-refractivity contribution in [1.29, 1.82) is 0 Å². The number of nitrogens with zero attached hydrogens (tertiary/aromatic N) is 10. The van der Waals surface area contributed by atoms with Crippen LogP contribution in [-0.4, -0.2) is 111 Å². The number of hydrogen-bond acceptors (Lipinski definition) is 15. The zero-order valence-corrected chi connectivity index (χ0v) is 42.5. The van der Waals surface area contributed by atoms with Crippen LogP contribution in [0.4, 0.5) is 30.8 Å². The van der Waals surface area contributed by atoms with Crippen molar-refractivity contribution in [3.05, 3.63) is 137 Å². The van der Waals surface area contributed by atoms with Crippen molar-refractivity contribution in [2.24, 2.45) is 17.4 Å². The van der Waals surface area contributed by atoms with Gasteiger partial charge in [0.2, 0.25) is 12.6 Å². The van der Waals surface area contributed by atoms with E-state index in [1.807, 2.05) is 55.5 Å².